The number of benzene rings is 1. The lowest BCUT2D eigenvalue weighted by molar-refractivity contribution is -0.170. The van der Waals surface area contributed by atoms with Crippen LogP contribution in [0.2, 0.25) is 0 Å². The predicted octanol–water partition coefficient (Wildman–Crippen LogP) is 1.51. The first-order valence-corrected chi connectivity index (χ1v) is 7.06. The molecule has 1 saturated carbocycles. The highest BCUT2D eigenvalue weighted by atomic mass is 16.6. The van der Waals surface area contributed by atoms with Gasteiger partial charge in [-0.1, -0.05) is 35.5 Å². The SMILES string of the molecule is COC(=O)C1(C(=O)OC)C[C@H]2CON=C2[C@@H]1c1ccccc1. The molecule has 1 aliphatic carbocycles. The van der Waals surface area contributed by atoms with Gasteiger partial charge < -0.3 is 14.3 Å². The lowest BCUT2D eigenvalue weighted by Gasteiger charge is -2.30. The Labute approximate surface area is 128 Å². The van der Waals surface area contributed by atoms with Crippen LogP contribution < -0.4 is 0 Å². The third kappa shape index (κ3) is 1.90. The first-order valence-electron chi connectivity index (χ1n) is 7.06. The number of methoxy groups -OCH3 is 2. The fraction of sp³-hybridized carbons (Fsp3) is 0.438. The van der Waals surface area contributed by atoms with Gasteiger partial charge >= 0.3 is 11.9 Å². The highest BCUT2D eigenvalue weighted by Crippen LogP contribution is 2.53. The van der Waals surface area contributed by atoms with Crippen molar-refractivity contribution in [2.45, 2.75) is 12.3 Å². The number of esters is 2. The number of ether oxygens (including phenoxy) is 2. The second-order valence-corrected chi connectivity index (χ2v) is 5.51. The van der Waals surface area contributed by atoms with E-state index in [2.05, 4.69) is 5.16 Å². The molecule has 1 heterocycles. The fourth-order valence-electron chi connectivity index (χ4n) is 3.52. The Morgan fingerprint density at radius 1 is 1.18 bits per heavy atom. The van der Waals surface area contributed by atoms with Crippen molar-refractivity contribution in [1.29, 1.82) is 0 Å². The third-order valence-corrected chi connectivity index (χ3v) is 4.45. The van der Waals surface area contributed by atoms with E-state index < -0.39 is 23.3 Å². The molecule has 2 atom stereocenters. The first kappa shape index (κ1) is 14.6. The predicted molar refractivity (Wildman–Crippen MR) is 77.1 cm³/mol. The number of fused-ring (bicyclic) bond motifs is 1. The van der Waals surface area contributed by atoms with E-state index >= 15 is 0 Å². The molecule has 1 aromatic rings. The van der Waals surface area contributed by atoms with Gasteiger partial charge in [-0.3, -0.25) is 9.59 Å². The van der Waals surface area contributed by atoms with Crippen molar-refractivity contribution in [1.82, 2.24) is 0 Å². The van der Waals surface area contributed by atoms with Gasteiger partial charge in [-0.15, -0.1) is 0 Å². The Morgan fingerprint density at radius 2 is 1.82 bits per heavy atom. The van der Waals surface area contributed by atoms with Gasteiger partial charge in [-0.25, -0.2) is 0 Å². The lowest BCUT2D eigenvalue weighted by atomic mass is 9.73. The number of oxime groups is 1. The van der Waals surface area contributed by atoms with Crippen LogP contribution in [0.15, 0.2) is 35.5 Å². The van der Waals surface area contributed by atoms with E-state index in [1.54, 1.807) is 0 Å². The number of carbonyl (C=O) groups excluding carboxylic acids is 2. The van der Waals surface area contributed by atoms with Crippen LogP contribution in [0.3, 0.4) is 0 Å². The summed E-state index contributed by atoms with van der Waals surface area (Å²) < 4.78 is 9.88. The molecule has 1 aliphatic heterocycles. The van der Waals surface area contributed by atoms with Crippen molar-refractivity contribution in [2.24, 2.45) is 16.5 Å². The van der Waals surface area contributed by atoms with Crippen molar-refractivity contribution in [2.75, 3.05) is 20.8 Å². The summed E-state index contributed by atoms with van der Waals surface area (Å²) in [5, 5.41) is 4.09. The second kappa shape index (κ2) is 5.44. The molecule has 0 saturated heterocycles. The van der Waals surface area contributed by atoms with Gasteiger partial charge in [0.15, 0.2) is 5.41 Å². The maximum atomic E-state index is 12.5. The van der Waals surface area contributed by atoms with Gasteiger partial charge in [0, 0.05) is 5.92 Å². The van der Waals surface area contributed by atoms with Crippen molar-refractivity contribution < 1.29 is 23.9 Å². The summed E-state index contributed by atoms with van der Waals surface area (Å²) in [6.07, 6.45) is 0.282. The van der Waals surface area contributed by atoms with E-state index in [-0.39, 0.29) is 12.3 Å². The fourth-order valence-corrected chi connectivity index (χ4v) is 3.52. The zero-order valence-electron chi connectivity index (χ0n) is 12.4. The summed E-state index contributed by atoms with van der Waals surface area (Å²) in [6, 6.07) is 9.33. The van der Waals surface area contributed by atoms with Crippen LogP contribution in [0.1, 0.15) is 17.9 Å². The summed E-state index contributed by atoms with van der Waals surface area (Å²) >= 11 is 0. The quantitative estimate of drug-likeness (QED) is 0.625. The molecule has 0 N–H and O–H groups in total. The average molecular weight is 303 g/mol. The molecule has 0 unspecified atom stereocenters. The van der Waals surface area contributed by atoms with Crippen LogP contribution in [0.4, 0.5) is 0 Å². The summed E-state index contributed by atoms with van der Waals surface area (Å²) in [4.78, 5) is 30.2. The summed E-state index contributed by atoms with van der Waals surface area (Å²) in [5.41, 5.74) is 0.130. The number of hydrogen-bond donors (Lipinski definition) is 0. The van der Waals surface area contributed by atoms with E-state index in [0.717, 1.165) is 5.56 Å². The molecular formula is C16H17NO5. The van der Waals surface area contributed by atoms with Crippen LogP contribution in [0.25, 0.3) is 0 Å². The topological polar surface area (TPSA) is 74.2 Å². The molecule has 6 heteroatoms. The van der Waals surface area contributed by atoms with Gasteiger partial charge in [-0.2, -0.15) is 0 Å². The lowest BCUT2D eigenvalue weighted by Crippen LogP contribution is -2.44. The van der Waals surface area contributed by atoms with Crippen molar-refractivity contribution in [3.8, 4) is 0 Å². The van der Waals surface area contributed by atoms with E-state index in [1.807, 2.05) is 30.3 Å². The first-order chi connectivity index (χ1) is 10.6. The maximum Gasteiger partial charge on any atom is 0.324 e. The van der Waals surface area contributed by atoms with Gasteiger partial charge in [-0.05, 0) is 12.0 Å². The van der Waals surface area contributed by atoms with Crippen molar-refractivity contribution in [3.63, 3.8) is 0 Å². The molecule has 3 rings (SSSR count). The average Bonchev–Trinajstić information content (AvgIpc) is 3.12. The van der Waals surface area contributed by atoms with Crippen molar-refractivity contribution in [3.05, 3.63) is 35.9 Å². The van der Waals surface area contributed by atoms with Gasteiger partial charge in [0.1, 0.15) is 6.61 Å². The monoisotopic (exact) mass is 303 g/mol. The van der Waals surface area contributed by atoms with Crippen LogP contribution in [0.5, 0.6) is 0 Å². The van der Waals surface area contributed by atoms with Crippen LogP contribution in [-0.2, 0) is 23.9 Å². The second-order valence-electron chi connectivity index (χ2n) is 5.51. The molecule has 0 radical (unpaired) electrons. The molecule has 1 aromatic carbocycles. The molecule has 1 fully saturated rings. The highest BCUT2D eigenvalue weighted by Gasteiger charge is 2.64. The number of nitrogens with zero attached hydrogens (tertiary/aromatic N) is 1. The minimum absolute atomic E-state index is 0.0802. The number of rotatable bonds is 3. The van der Waals surface area contributed by atoms with Gasteiger partial charge in [0.25, 0.3) is 0 Å². The summed E-state index contributed by atoms with van der Waals surface area (Å²) in [5.74, 6) is -1.79. The normalized spacial score (nSPS) is 24.9. The Bertz CT molecular complexity index is 609. The van der Waals surface area contributed by atoms with Crippen LogP contribution in [0, 0.1) is 11.3 Å². The van der Waals surface area contributed by atoms with Gasteiger partial charge in [0.2, 0.25) is 0 Å². The van der Waals surface area contributed by atoms with E-state index in [1.165, 1.54) is 14.2 Å². The molecule has 2 aliphatic rings. The Balaban J connectivity index is 2.18. The third-order valence-electron chi connectivity index (χ3n) is 4.45. The smallest absolute Gasteiger partial charge is 0.324 e. The molecule has 22 heavy (non-hydrogen) atoms. The molecule has 0 bridgehead atoms. The minimum atomic E-state index is -1.40. The van der Waals surface area contributed by atoms with Crippen LogP contribution >= 0.6 is 0 Å². The van der Waals surface area contributed by atoms with E-state index in [9.17, 15) is 9.59 Å². The van der Waals surface area contributed by atoms with Crippen molar-refractivity contribution >= 4 is 17.7 Å². The zero-order valence-corrected chi connectivity index (χ0v) is 12.4. The summed E-state index contributed by atoms with van der Waals surface area (Å²) in [6.45, 7) is 0.369. The minimum Gasteiger partial charge on any atom is -0.468 e. The molecule has 0 aromatic heterocycles. The molecule has 0 amide bonds. The molecule has 116 valence electrons. The van der Waals surface area contributed by atoms with E-state index in [0.29, 0.717) is 12.3 Å². The maximum absolute atomic E-state index is 12.5. The van der Waals surface area contributed by atoms with Crippen LogP contribution in [-0.4, -0.2) is 38.5 Å². The zero-order chi connectivity index (χ0) is 15.7. The van der Waals surface area contributed by atoms with Gasteiger partial charge in [0.05, 0.1) is 25.8 Å². The molecule has 6 nitrogen and oxygen atoms in total. The highest BCUT2D eigenvalue weighted by molar-refractivity contribution is 6.12. The molecule has 0 spiro atoms. The van der Waals surface area contributed by atoms with E-state index in [4.69, 9.17) is 14.3 Å². The summed E-state index contributed by atoms with van der Waals surface area (Å²) in [7, 11) is 2.56. The molecular weight excluding hydrogens is 286 g/mol. The Hall–Kier alpha value is -2.37. The Morgan fingerprint density at radius 3 is 2.41 bits per heavy atom. The standard InChI is InChI=1S/C16H17NO5/c1-20-14(18)16(15(19)21-2)8-11-9-22-17-13(11)12(16)10-6-4-3-5-7-10/h3-7,11-12H,8-9H2,1-2H3/t11-,12-/m0/s1. The largest absolute Gasteiger partial charge is 0.468 e. The number of hydrogen-bond acceptors (Lipinski definition) is 6. The number of carbonyl (C=O) groups is 2. The Kier molecular flexibility index (Phi) is 3.60.